The molecule has 0 radical (unpaired) electrons. The third-order valence-corrected chi connectivity index (χ3v) is 9.91. The molecule has 3 rings (SSSR count). The van der Waals surface area contributed by atoms with Gasteiger partial charge in [0.15, 0.2) is 0 Å². The van der Waals surface area contributed by atoms with Crippen LogP contribution in [0.25, 0.3) is 11.1 Å². The van der Waals surface area contributed by atoms with Crippen molar-refractivity contribution < 1.29 is 52.4 Å². The number of aliphatic imine (C=N–C) groups is 2. The van der Waals surface area contributed by atoms with Gasteiger partial charge in [-0.05, 0) is 124 Å². The highest BCUT2D eigenvalue weighted by Gasteiger charge is 2.23. The zero-order chi connectivity index (χ0) is 50.5. The number of alkyl carbamates (subject to hydrolysis) is 2. The minimum Gasteiger partial charge on any atom is -0.491 e. The summed E-state index contributed by atoms with van der Waals surface area (Å²) >= 11 is 0. The standard InChI is InChI=1S/C47H66N8O11S2/c1-44(2,3)63-40(57)52-38(53-41(58)64-45(4,5)6)49-24-26-61-34-18-14-13-17-32(34)33-21-20-31(30-51-36(56)22-28-67-68-37-19-15-16-23-48-37)29-35(33)62-27-25-50-39(54-42(59)65-46(7,8)9)55-43(60)66-47(10,11)12/h13-21,23,29H,22,24-28,30H2,1-12H3,(H,51,56)(H2,49,52,53,57,58)(H2,50,54,55,59,60). The topological polar surface area (TPSA) is 238 Å². The van der Waals surface area contributed by atoms with Gasteiger partial charge in [-0.2, -0.15) is 0 Å². The van der Waals surface area contributed by atoms with Crippen molar-refractivity contribution in [3.8, 4) is 22.6 Å². The Balaban J connectivity index is 1.83. The molecule has 1 heterocycles. The van der Waals surface area contributed by atoms with Crippen LogP contribution in [0.2, 0.25) is 0 Å². The third kappa shape index (κ3) is 24.5. The second-order valence-electron chi connectivity index (χ2n) is 18.6. The molecule has 0 fully saturated rings. The average Bonchev–Trinajstić information content (AvgIpc) is 3.19. The molecular formula is C47H66N8O11S2. The summed E-state index contributed by atoms with van der Waals surface area (Å²) in [7, 11) is 3.05. The Morgan fingerprint density at radius 2 is 1.09 bits per heavy atom. The summed E-state index contributed by atoms with van der Waals surface area (Å²) in [5.74, 6) is 0.947. The van der Waals surface area contributed by atoms with Gasteiger partial charge >= 0.3 is 24.4 Å². The van der Waals surface area contributed by atoms with Crippen molar-refractivity contribution in [3.63, 3.8) is 0 Å². The number of nitrogens with zero attached hydrogens (tertiary/aromatic N) is 3. The molecule has 2 aromatic carbocycles. The number of hydrogen-bond acceptors (Lipinski definition) is 14. The van der Waals surface area contributed by atoms with E-state index in [9.17, 15) is 24.0 Å². The lowest BCUT2D eigenvalue weighted by Crippen LogP contribution is -2.45. The van der Waals surface area contributed by atoms with Crippen molar-refractivity contribution in [2.24, 2.45) is 9.98 Å². The molecule has 21 heteroatoms. The van der Waals surface area contributed by atoms with E-state index in [2.05, 4.69) is 41.6 Å². The van der Waals surface area contributed by atoms with Crippen molar-refractivity contribution in [3.05, 3.63) is 72.4 Å². The zero-order valence-corrected chi connectivity index (χ0v) is 42.6. The first-order valence-electron chi connectivity index (χ1n) is 21.8. The van der Waals surface area contributed by atoms with Crippen LogP contribution in [0, 0.1) is 0 Å². The molecule has 3 aromatic rings. The molecule has 0 saturated heterocycles. The molecule has 0 aliphatic heterocycles. The fraction of sp³-hybridized carbons (Fsp3) is 0.489. The van der Waals surface area contributed by atoms with Gasteiger partial charge in [-0.3, -0.25) is 15.4 Å². The number of carbonyl (C=O) groups excluding carboxylic acids is 5. The van der Waals surface area contributed by atoms with Gasteiger partial charge in [-0.1, -0.05) is 47.2 Å². The largest absolute Gasteiger partial charge is 0.491 e. The average molecular weight is 983 g/mol. The van der Waals surface area contributed by atoms with E-state index in [-0.39, 0.29) is 50.7 Å². The highest BCUT2D eigenvalue weighted by molar-refractivity contribution is 8.76. The van der Waals surface area contributed by atoms with Gasteiger partial charge in [0, 0.05) is 36.0 Å². The summed E-state index contributed by atoms with van der Waals surface area (Å²) in [4.78, 5) is 75.4. The molecule has 0 bridgehead atoms. The molecule has 1 aromatic heterocycles. The monoisotopic (exact) mass is 982 g/mol. The van der Waals surface area contributed by atoms with Gasteiger partial charge < -0.3 is 44.4 Å². The lowest BCUT2D eigenvalue weighted by Gasteiger charge is -2.21. The Morgan fingerprint density at radius 3 is 1.60 bits per heavy atom. The van der Waals surface area contributed by atoms with Crippen molar-refractivity contribution in [1.82, 2.24) is 31.6 Å². The summed E-state index contributed by atoms with van der Waals surface area (Å²) in [6, 6.07) is 18.4. The van der Waals surface area contributed by atoms with Gasteiger partial charge in [-0.25, -0.2) is 24.2 Å². The first kappa shape index (κ1) is 56.1. The number of hydrogen-bond donors (Lipinski definition) is 5. The number of nitrogens with one attached hydrogen (secondary N) is 5. The number of pyridine rings is 1. The molecule has 5 N–H and O–H groups in total. The second kappa shape index (κ2) is 26.4. The lowest BCUT2D eigenvalue weighted by atomic mass is 10.0. The SMILES string of the molecule is CC(C)(C)OC(=O)/N=C(/NCCOc1ccccc1-c1ccc(CNC(=O)CCSSc2ccccn2)cc1OCCN/C(=N/C(=O)OC(C)(C)C)NC(=O)OC(C)(C)C)NC(=O)OC(C)(C)C. The second-order valence-corrected chi connectivity index (χ2v) is 21.0. The van der Waals surface area contributed by atoms with E-state index in [0.29, 0.717) is 34.8 Å². The Hall–Kier alpha value is -6.22. The van der Waals surface area contributed by atoms with E-state index in [0.717, 1.165) is 10.6 Å². The number of benzene rings is 2. The quantitative estimate of drug-likeness (QED) is 0.0296. The molecule has 19 nitrogen and oxygen atoms in total. The molecule has 0 aliphatic carbocycles. The molecule has 0 aliphatic rings. The number of guanidine groups is 2. The first-order valence-corrected chi connectivity index (χ1v) is 24.1. The van der Waals surface area contributed by atoms with Gasteiger partial charge in [0.05, 0.1) is 13.1 Å². The van der Waals surface area contributed by atoms with Crippen LogP contribution < -0.4 is 36.1 Å². The molecule has 0 unspecified atom stereocenters. The van der Waals surface area contributed by atoms with Crippen LogP contribution in [0.4, 0.5) is 19.2 Å². The molecular weight excluding hydrogens is 917 g/mol. The molecule has 372 valence electrons. The number of carbonyl (C=O) groups is 5. The minimum absolute atomic E-state index is 0.00859. The third-order valence-electron chi connectivity index (χ3n) is 7.64. The maximum absolute atomic E-state index is 12.9. The fourth-order valence-electron chi connectivity index (χ4n) is 5.19. The molecule has 5 amide bonds. The van der Waals surface area contributed by atoms with Crippen molar-refractivity contribution >= 4 is 63.8 Å². The summed E-state index contributed by atoms with van der Waals surface area (Å²) in [6.45, 7) is 20.8. The number of rotatable bonds is 16. The van der Waals surface area contributed by atoms with E-state index in [1.807, 2.05) is 42.5 Å². The Labute approximate surface area is 406 Å². The minimum atomic E-state index is -0.933. The van der Waals surface area contributed by atoms with Gasteiger partial charge in [-0.15, -0.1) is 9.98 Å². The van der Waals surface area contributed by atoms with Crippen LogP contribution in [0.3, 0.4) is 0 Å². The maximum atomic E-state index is 12.9. The van der Waals surface area contributed by atoms with Crippen LogP contribution in [0.1, 0.15) is 95.1 Å². The van der Waals surface area contributed by atoms with Gasteiger partial charge in [0.25, 0.3) is 0 Å². The smallest absolute Gasteiger partial charge is 0.437 e. The van der Waals surface area contributed by atoms with Crippen LogP contribution in [-0.2, 0) is 30.3 Å². The van der Waals surface area contributed by atoms with E-state index < -0.39 is 46.8 Å². The van der Waals surface area contributed by atoms with E-state index in [1.54, 1.807) is 118 Å². The van der Waals surface area contributed by atoms with Gasteiger partial charge in [0.1, 0.15) is 52.1 Å². The Morgan fingerprint density at radius 1 is 0.588 bits per heavy atom. The van der Waals surface area contributed by atoms with Crippen LogP contribution in [-0.4, -0.2) is 102 Å². The molecule has 0 atom stereocenters. The van der Waals surface area contributed by atoms with E-state index in [4.69, 9.17) is 28.4 Å². The highest BCUT2D eigenvalue weighted by Crippen LogP contribution is 2.37. The number of ether oxygens (including phenoxy) is 6. The number of amides is 5. The van der Waals surface area contributed by atoms with Crippen molar-refractivity contribution in [2.75, 3.05) is 32.1 Å². The predicted molar refractivity (Wildman–Crippen MR) is 264 cm³/mol. The molecule has 68 heavy (non-hydrogen) atoms. The van der Waals surface area contributed by atoms with Crippen LogP contribution in [0.15, 0.2) is 81.9 Å². The zero-order valence-electron chi connectivity index (χ0n) is 40.9. The van der Waals surface area contributed by atoms with Crippen LogP contribution in [0.5, 0.6) is 11.5 Å². The Bertz CT molecular complexity index is 2220. The normalized spacial score (nSPS) is 12.2. The summed E-state index contributed by atoms with van der Waals surface area (Å²) in [5, 5.41) is 14.6. The van der Waals surface area contributed by atoms with Gasteiger partial charge in [0.2, 0.25) is 17.8 Å². The summed E-state index contributed by atoms with van der Waals surface area (Å²) < 4.78 is 33.9. The summed E-state index contributed by atoms with van der Waals surface area (Å²) in [5.41, 5.74) is -1.26. The van der Waals surface area contributed by atoms with E-state index in [1.165, 1.54) is 10.8 Å². The highest BCUT2D eigenvalue weighted by atomic mass is 33.1. The van der Waals surface area contributed by atoms with Crippen molar-refractivity contribution in [1.29, 1.82) is 0 Å². The fourth-order valence-corrected chi connectivity index (χ4v) is 7.06. The van der Waals surface area contributed by atoms with Crippen molar-refractivity contribution in [2.45, 2.75) is 123 Å². The maximum Gasteiger partial charge on any atom is 0.437 e. The van der Waals surface area contributed by atoms with E-state index >= 15 is 0 Å². The lowest BCUT2D eigenvalue weighted by molar-refractivity contribution is -0.120. The number of para-hydroxylation sites is 1. The first-order chi connectivity index (χ1) is 31.7. The molecule has 0 spiro atoms. The Kier molecular flexibility index (Phi) is 21.7. The van der Waals surface area contributed by atoms with Crippen LogP contribution >= 0.6 is 21.6 Å². The predicted octanol–water partition coefficient (Wildman–Crippen LogP) is 8.76. The molecule has 0 saturated carbocycles. The summed E-state index contributed by atoms with van der Waals surface area (Å²) in [6.07, 6.45) is -1.50. The number of aromatic nitrogens is 1.